The summed E-state index contributed by atoms with van der Waals surface area (Å²) in [4.78, 5) is 5.82. The van der Waals surface area contributed by atoms with Gasteiger partial charge in [-0.2, -0.15) is 4.57 Å². The van der Waals surface area contributed by atoms with Crippen LogP contribution in [-0.2, 0) is 7.05 Å². The first-order chi connectivity index (χ1) is 11.7. The summed E-state index contributed by atoms with van der Waals surface area (Å²) in [6, 6.07) is 17.1. The molecule has 4 nitrogen and oxygen atoms in total. The van der Waals surface area contributed by atoms with E-state index in [2.05, 4.69) is 89.4 Å². The van der Waals surface area contributed by atoms with Crippen LogP contribution in [0.2, 0.25) is 0 Å². The highest BCUT2D eigenvalue weighted by atomic mass is 127. The molecule has 2 aromatic heterocycles. The summed E-state index contributed by atoms with van der Waals surface area (Å²) < 4.78 is 2.29. The molecule has 2 heterocycles. The number of halogens is 1. The molecule has 25 heavy (non-hydrogen) atoms. The van der Waals surface area contributed by atoms with Crippen LogP contribution in [0.15, 0.2) is 48.5 Å². The van der Waals surface area contributed by atoms with Crippen LogP contribution in [0.4, 0.5) is 5.69 Å². The van der Waals surface area contributed by atoms with E-state index in [-0.39, 0.29) is 24.0 Å². The highest BCUT2D eigenvalue weighted by Gasteiger charge is 2.21. The average Bonchev–Trinajstić information content (AvgIpc) is 2.97. The molecule has 0 saturated heterocycles. The molecule has 0 fully saturated rings. The van der Waals surface area contributed by atoms with Gasteiger partial charge in [-0.05, 0) is 32.3 Å². The second-order valence-electron chi connectivity index (χ2n) is 6.58. The predicted octanol–water partition coefficient (Wildman–Crippen LogP) is 0.276. The van der Waals surface area contributed by atoms with E-state index in [1.54, 1.807) is 0 Å². The Morgan fingerprint density at radius 1 is 1.00 bits per heavy atom. The van der Waals surface area contributed by atoms with E-state index in [0.717, 1.165) is 13.1 Å². The molecular formula is C20H23IN4. The van der Waals surface area contributed by atoms with Gasteiger partial charge in [0.25, 0.3) is 0 Å². The minimum Gasteiger partial charge on any atom is -1.00 e. The number of aromatic nitrogens is 2. The number of H-pyrrole nitrogens is 1. The van der Waals surface area contributed by atoms with Crippen LogP contribution in [0.25, 0.3) is 32.8 Å². The van der Waals surface area contributed by atoms with Crippen LogP contribution in [-0.4, -0.2) is 37.1 Å². The molecular weight excluding hydrogens is 423 g/mol. The normalized spacial score (nSPS) is 11.4. The number of benzene rings is 2. The zero-order valence-electron chi connectivity index (χ0n) is 14.8. The first-order valence-corrected chi connectivity index (χ1v) is 8.36. The zero-order chi connectivity index (χ0) is 16.7. The number of pyridine rings is 1. The van der Waals surface area contributed by atoms with Gasteiger partial charge >= 0.3 is 0 Å². The molecule has 2 aromatic carbocycles. The highest BCUT2D eigenvalue weighted by Crippen LogP contribution is 2.33. The maximum absolute atomic E-state index is 3.66. The lowest BCUT2D eigenvalue weighted by atomic mass is 10.1. The Bertz CT molecular complexity index is 1040. The number of fused-ring (bicyclic) bond motifs is 4. The third-order valence-corrected chi connectivity index (χ3v) is 4.66. The SMILES string of the molecule is CN(C)CCNc1c2ccccc2[n+](C)c2c1[nH]c1ccccc12.[I-]. The first kappa shape index (κ1) is 17.9. The quantitative estimate of drug-likeness (QED) is 0.349. The van der Waals surface area contributed by atoms with E-state index in [0.29, 0.717) is 0 Å². The van der Waals surface area contributed by atoms with Gasteiger partial charge in [0.05, 0.1) is 22.0 Å². The van der Waals surface area contributed by atoms with Crippen molar-refractivity contribution in [2.24, 2.45) is 7.05 Å². The second kappa shape index (κ2) is 7.17. The first-order valence-electron chi connectivity index (χ1n) is 8.36. The number of nitrogens with one attached hydrogen (secondary N) is 2. The van der Waals surface area contributed by atoms with Gasteiger partial charge in [0.2, 0.25) is 11.0 Å². The van der Waals surface area contributed by atoms with Gasteiger partial charge in [-0.25, -0.2) is 0 Å². The van der Waals surface area contributed by atoms with E-state index in [9.17, 15) is 0 Å². The molecule has 0 unspecified atom stereocenters. The van der Waals surface area contributed by atoms with Crippen molar-refractivity contribution >= 4 is 38.5 Å². The van der Waals surface area contributed by atoms with Crippen LogP contribution >= 0.6 is 0 Å². The van der Waals surface area contributed by atoms with Gasteiger partial charge < -0.3 is 39.2 Å². The monoisotopic (exact) mass is 446 g/mol. The molecule has 0 aliphatic heterocycles. The summed E-state index contributed by atoms with van der Waals surface area (Å²) in [5.74, 6) is 0. The van der Waals surface area contributed by atoms with Crippen LogP contribution in [0.1, 0.15) is 0 Å². The molecule has 2 N–H and O–H groups in total. The van der Waals surface area contributed by atoms with Crippen LogP contribution < -0.4 is 33.9 Å². The molecule has 0 aliphatic carbocycles. The fourth-order valence-electron chi connectivity index (χ4n) is 3.48. The van der Waals surface area contributed by atoms with Crippen molar-refractivity contribution in [1.82, 2.24) is 9.88 Å². The van der Waals surface area contributed by atoms with E-state index >= 15 is 0 Å². The molecule has 0 bridgehead atoms. The predicted molar refractivity (Wildman–Crippen MR) is 102 cm³/mol. The van der Waals surface area contributed by atoms with Gasteiger partial charge in [0, 0.05) is 19.2 Å². The molecule has 5 heteroatoms. The van der Waals surface area contributed by atoms with Crippen LogP contribution in [0, 0.1) is 0 Å². The van der Waals surface area contributed by atoms with Gasteiger partial charge in [-0.1, -0.05) is 24.3 Å². The third-order valence-electron chi connectivity index (χ3n) is 4.66. The molecule has 4 rings (SSSR count). The number of hydrogen-bond donors (Lipinski definition) is 2. The Hall–Kier alpha value is -1.86. The smallest absolute Gasteiger partial charge is 0.240 e. The summed E-state index contributed by atoms with van der Waals surface area (Å²) in [6.07, 6.45) is 0. The number of para-hydroxylation sites is 2. The van der Waals surface area contributed by atoms with Crippen LogP contribution in [0.5, 0.6) is 0 Å². The van der Waals surface area contributed by atoms with Gasteiger partial charge in [-0.3, -0.25) is 0 Å². The molecule has 0 saturated carbocycles. The summed E-state index contributed by atoms with van der Waals surface area (Å²) >= 11 is 0. The number of nitrogens with zero attached hydrogens (tertiary/aromatic N) is 2. The van der Waals surface area contributed by atoms with E-state index < -0.39 is 0 Å². The Morgan fingerprint density at radius 2 is 1.68 bits per heavy atom. The Labute approximate surface area is 164 Å². The number of hydrogen-bond acceptors (Lipinski definition) is 2. The fraction of sp³-hybridized carbons (Fsp3) is 0.250. The summed E-state index contributed by atoms with van der Waals surface area (Å²) in [5, 5.41) is 6.17. The number of likely N-dealkylation sites (N-methyl/N-ethyl adjacent to an activating group) is 1. The molecule has 0 spiro atoms. The number of rotatable bonds is 4. The third kappa shape index (κ3) is 3.06. The van der Waals surface area contributed by atoms with Crippen molar-refractivity contribution in [2.45, 2.75) is 0 Å². The minimum atomic E-state index is 0. The maximum atomic E-state index is 3.66. The maximum Gasteiger partial charge on any atom is 0.240 e. The lowest BCUT2D eigenvalue weighted by Gasteiger charge is -2.13. The van der Waals surface area contributed by atoms with Crippen molar-refractivity contribution in [2.75, 3.05) is 32.5 Å². The Kier molecular flexibility index (Phi) is 5.15. The second-order valence-corrected chi connectivity index (χ2v) is 6.58. The summed E-state index contributed by atoms with van der Waals surface area (Å²) in [5.41, 5.74) is 6.03. The van der Waals surface area contributed by atoms with Crippen molar-refractivity contribution in [3.63, 3.8) is 0 Å². The summed E-state index contributed by atoms with van der Waals surface area (Å²) in [6.45, 7) is 1.91. The largest absolute Gasteiger partial charge is 1.00 e. The van der Waals surface area contributed by atoms with Crippen molar-refractivity contribution in [1.29, 1.82) is 0 Å². The van der Waals surface area contributed by atoms with Gasteiger partial charge in [0.15, 0.2) is 0 Å². The Balaban J connectivity index is 0.00000182. The van der Waals surface area contributed by atoms with Crippen molar-refractivity contribution in [3.05, 3.63) is 48.5 Å². The van der Waals surface area contributed by atoms with Crippen LogP contribution in [0.3, 0.4) is 0 Å². The molecule has 4 aromatic rings. The fourth-order valence-corrected chi connectivity index (χ4v) is 3.48. The van der Waals surface area contributed by atoms with E-state index in [4.69, 9.17) is 0 Å². The topological polar surface area (TPSA) is 34.9 Å². The van der Waals surface area contributed by atoms with Crippen molar-refractivity contribution < 1.29 is 28.5 Å². The molecule has 0 radical (unpaired) electrons. The highest BCUT2D eigenvalue weighted by molar-refractivity contribution is 6.13. The lowest BCUT2D eigenvalue weighted by Crippen LogP contribution is -3.00. The van der Waals surface area contributed by atoms with Crippen molar-refractivity contribution in [3.8, 4) is 0 Å². The number of aryl methyl sites for hydroxylation is 1. The van der Waals surface area contributed by atoms with Gasteiger partial charge in [0.1, 0.15) is 12.6 Å². The lowest BCUT2D eigenvalue weighted by molar-refractivity contribution is -0.616. The number of aromatic amines is 1. The molecule has 0 atom stereocenters. The zero-order valence-corrected chi connectivity index (χ0v) is 17.0. The molecule has 0 amide bonds. The molecule has 130 valence electrons. The standard InChI is InChI=1S/C20H22N4.HI/c1-23(2)13-12-21-18-15-9-5-7-11-17(15)24(3)20-14-8-4-6-10-16(14)22-19(18)20;/h4-11H,12-13H2,1-3H3,(H,21,22);1H. The number of anilines is 1. The van der Waals surface area contributed by atoms with E-state index in [1.165, 1.54) is 38.5 Å². The Morgan fingerprint density at radius 3 is 2.44 bits per heavy atom. The van der Waals surface area contributed by atoms with Gasteiger partial charge in [-0.15, -0.1) is 0 Å². The summed E-state index contributed by atoms with van der Waals surface area (Å²) in [7, 11) is 6.35. The van der Waals surface area contributed by atoms with E-state index in [1.807, 2.05) is 0 Å². The minimum absolute atomic E-state index is 0. The average molecular weight is 446 g/mol. The molecule has 0 aliphatic rings.